The number of rotatable bonds is 6. The number of aromatic amines is 1. The number of amides is 1. The van der Waals surface area contributed by atoms with Crippen molar-refractivity contribution in [3.8, 4) is 0 Å². The van der Waals surface area contributed by atoms with E-state index in [2.05, 4.69) is 15.3 Å². The topological polar surface area (TPSA) is 78.1 Å². The fraction of sp³-hybridized carbons (Fsp3) is 0.211. The lowest BCUT2D eigenvalue weighted by molar-refractivity contribution is -0.117. The average molecular weight is 405 g/mol. The molecule has 8 heteroatoms. The Bertz CT molecular complexity index is 1020. The second-order valence-electron chi connectivity index (χ2n) is 6.04. The van der Waals surface area contributed by atoms with Gasteiger partial charge in [-0.2, -0.15) is 0 Å². The molecule has 1 heterocycles. The third-order valence-corrected chi connectivity index (χ3v) is 4.43. The quantitative estimate of drug-likeness (QED) is 0.656. The van der Waals surface area contributed by atoms with Crippen molar-refractivity contribution in [1.82, 2.24) is 14.9 Å². The molecule has 1 aromatic heterocycles. The molecule has 6 nitrogen and oxygen atoms in total. The van der Waals surface area contributed by atoms with Crippen LogP contribution in [0.15, 0.2) is 47.3 Å². The Balaban J connectivity index is 1.70. The molecule has 0 atom stereocenters. The van der Waals surface area contributed by atoms with E-state index in [0.29, 0.717) is 45.5 Å². The molecule has 0 aliphatic heterocycles. The summed E-state index contributed by atoms with van der Waals surface area (Å²) in [6, 6.07) is 12.0. The highest BCUT2D eigenvalue weighted by atomic mass is 35.5. The van der Waals surface area contributed by atoms with Gasteiger partial charge in [-0.25, -0.2) is 4.98 Å². The first-order valence-electron chi connectivity index (χ1n) is 8.41. The minimum atomic E-state index is -0.210. The number of hydrogen-bond acceptors (Lipinski definition) is 4. The van der Waals surface area contributed by atoms with E-state index in [1.54, 1.807) is 36.4 Å². The van der Waals surface area contributed by atoms with E-state index >= 15 is 0 Å². The van der Waals surface area contributed by atoms with E-state index in [9.17, 15) is 9.59 Å². The molecule has 0 unspecified atom stereocenters. The van der Waals surface area contributed by atoms with Crippen LogP contribution in [0.5, 0.6) is 0 Å². The predicted octanol–water partition coefficient (Wildman–Crippen LogP) is 3.69. The highest BCUT2D eigenvalue weighted by Gasteiger charge is 2.13. The van der Waals surface area contributed by atoms with Gasteiger partial charge in [0, 0.05) is 15.7 Å². The van der Waals surface area contributed by atoms with E-state index < -0.39 is 0 Å². The number of carbonyl (C=O) groups is 1. The molecule has 2 aromatic carbocycles. The Labute approximate surface area is 166 Å². The molecule has 3 rings (SSSR count). The number of nitrogens with one attached hydrogen (secondary N) is 2. The molecular weight excluding hydrogens is 387 g/mol. The van der Waals surface area contributed by atoms with Crippen LogP contribution in [0, 0.1) is 0 Å². The molecular formula is C19H18Cl2N4O2. The van der Waals surface area contributed by atoms with Crippen LogP contribution in [-0.2, 0) is 11.3 Å². The van der Waals surface area contributed by atoms with E-state index in [4.69, 9.17) is 23.2 Å². The van der Waals surface area contributed by atoms with Crippen molar-refractivity contribution in [2.45, 2.75) is 13.5 Å². The molecule has 2 N–H and O–H groups in total. The second-order valence-corrected chi connectivity index (χ2v) is 6.91. The molecule has 0 spiro atoms. The summed E-state index contributed by atoms with van der Waals surface area (Å²) in [5.74, 6) is 0.303. The molecule has 0 saturated heterocycles. The summed E-state index contributed by atoms with van der Waals surface area (Å²) in [5, 5.41) is 4.21. The van der Waals surface area contributed by atoms with Crippen molar-refractivity contribution in [1.29, 1.82) is 0 Å². The Hall–Kier alpha value is -2.41. The Morgan fingerprint density at radius 1 is 1.19 bits per heavy atom. The Kier molecular flexibility index (Phi) is 6.11. The van der Waals surface area contributed by atoms with Crippen molar-refractivity contribution in [3.05, 3.63) is 68.7 Å². The Morgan fingerprint density at radius 3 is 2.59 bits per heavy atom. The molecule has 0 bridgehead atoms. The van der Waals surface area contributed by atoms with Crippen molar-refractivity contribution >= 4 is 45.7 Å². The van der Waals surface area contributed by atoms with Crippen LogP contribution in [0.4, 0.5) is 5.69 Å². The van der Waals surface area contributed by atoms with Crippen molar-refractivity contribution in [3.63, 3.8) is 0 Å². The molecule has 0 aliphatic rings. The predicted molar refractivity (Wildman–Crippen MR) is 108 cm³/mol. The zero-order valence-electron chi connectivity index (χ0n) is 14.6. The highest BCUT2D eigenvalue weighted by molar-refractivity contribution is 6.35. The van der Waals surface area contributed by atoms with Crippen LogP contribution in [0.2, 0.25) is 10.0 Å². The summed E-state index contributed by atoms with van der Waals surface area (Å²) < 4.78 is 0. The van der Waals surface area contributed by atoms with Gasteiger partial charge in [-0.1, -0.05) is 42.3 Å². The van der Waals surface area contributed by atoms with Gasteiger partial charge in [0.2, 0.25) is 5.91 Å². The molecule has 0 aliphatic carbocycles. The number of aromatic nitrogens is 2. The zero-order chi connectivity index (χ0) is 19.4. The molecule has 0 radical (unpaired) electrons. The number of nitrogens with zero attached hydrogens (tertiary/aromatic N) is 2. The molecule has 27 heavy (non-hydrogen) atoms. The van der Waals surface area contributed by atoms with Gasteiger partial charge in [-0.3, -0.25) is 14.5 Å². The monoisotopic (exact) mass is 404 g/mol. The first-order valence-corrected chi connectivity index (χ1v) is 9.16. The van der Waals surface area contributed by atoms with Crippen LogP contribution in [0.25, 0.3) is 10.9 Å². The van der Waals surface area contributed by atoms with Crippen molar-refractivity contribution in [2.24, 2.45) is 0 Å². The van der Waals surface area contributed by atoms with Crippen molar-refractivity contribution in [2.75, 3.05) is 18.4 Å². The van der Waals surface area contributed by atoms with Gasteiger partial charge in [0.25, 0.3) is 5.56 Å². The van der Waals surface area contributed by atoms with E-state index in [-0.39, 0.29) is 18.0 Å². The normalized spacial score (nSPS) is 11.1. The summed E-state index contributed by atoms with van der Waals surface area (Å²) in [5.41, 5.74) is 0.973. The zero-order valence-corrected chi connectivity index (χ0v) is 16.1. The number of benzene rings is 2. The maximum absolute atomic E-state index is 12.3. The van der Waals surface area contributed by atoms with E-state index in [1.165, 1.54) is 0 Å². The van der Waals surface area contributed by atoms with Crippen LogP contribution in [0.3, 0.4) is 0 Å². The van der Waals surface area contributed by atoms with E-state index in [0.717, 1.165) is 0 Å². The molecule has 1 amide bonds. The van der Waals surface area contributed by atoms with Gasteiger partial charge in [0.1, 0.15) is 5.82 Å². The number of para-hydroxylation sites is 1. The van der Waals surface area contributed by atoms with Gasteiger partial charge >= 0.3 is 0 Å². The van der Waals surface area contributed by atoms with E-state index in [1.807, 2.05) is 17.9 Å². The van der Waals surface area contributed by atoms with Gasteiger partial charge in [-0.15, -0.1) is 0 Å². The number of hydrogen-bond donors (Lipinski definition) is 2. The van der Waals surface area contributed by atoms with Crippen LogP contribution < -0.4 is 10.9 Å². The lowest BCUT2D eigenvalue weighted by Gasteiger charge is -2.19. The van der Waals surface area contributed by atoms with Crippen LogP contribution >= 0.6 is 23.2 Å². The minimum Gasteiger partial charge on any atom is -0.325 e. The molecule has 0 fully saturated rings. The lowest BCUT2D eigenvalue weighted by Crippen LogP contribution is -2.33. The van der Waals surface area contributed by atoms with Crippen LogP contribution in [0.1, 0.15) is 12.7 Å². The number of fused-ring (bicyclic) bond motifs is 1. The summed E-state index contributed by atoms with van der Waals surface area (Å²) in [6.45, 7) is 3.03. The van der Waals surface area contributed by atoms with Gasteiger partial charge in [0.05, 0.1) is 24.0 Å². The van der Waals surface area contributed by atoms with Crippen LogP contribution in [-0.4, -0.2) is 33.9 Å². The number of carbonyl (C=O) groups excluding carboxylic acids is 1. The van der Waals surface area contributed by atoms with Crippen molar-refractivity contribution < 1.29 is 4.79 Å². The molecule has 140 valence electrons. The highest BCUT2D eigenvalue weighted by Crippen LogP contribution is 2.22. The summed E-state index contributed by atoms with van der Waals surface area (Å²) in [7, 11) is 0. The average Bonchev–Trinajstić information content (AvgIpc) is 2.60. The summed E-state index contributed by atoms with van der Waals surface area (Å²) in [6.07, 6.45) is 0. The first kappa shape index (κ1) is 19.4. The minimum absolute atomic E-state index is 0.136. The fourth-order valence-electron chi connectivity index (χ4n) is 2.73. The fourth-order valence-corrected chi connectivity index (χ4v) is 3.26. The molecule has 3 aromatic rings. The van der Waals surface area contributed by atoms with Gasteiger partial charge in [-0.05, 0) is 36.9 Å². The standard InChI is InChI=1S/C19H18Cl2N4O2/c1-2-25(11-18(26)22-14-8-12(20)7-13(21)9-14)10-17-23-16-6-4-3-5-15(16)19(27)24-17/h3-9H,2,10-11H2,1H3,(H,22,26)(H,23,24,27). The third-order valence-electron chi connectivity index (χ3n) is 4.00. The third kappa shape index (κ3) is 5.07. The maximum atomic E-state index is 12.3. The Morgan fingerprint density at radius 2 is 1.89 bits per heavy atom. The second kappa shape index (κ2) is 8.52. The number of anilines is 1. The number of halogens is 2. The van der Waals surface area contributed by atoms with Gasteiger partial charge in [0.15, 0.2) is 0 Å². The number of likely N-dealkylation sites (N-methyl/N-ethyl adjacent to an activating group) is 1. The summed E-state index contributed by atoms with van der Waals surface area (Å²) in [4.78, 5) is 33.6. The largest absolute Gasteiger partial charge is 0.325 e. The molecule has 0 saturated carbocycles. The number of H-pyrrole nitrogens is 1. The maximum Gasteiger partial charge on any atom is 0.258 e. The summed E-state index contributed by atoms with van der Waals surface area (Å²) >= 11 is 11.9. The first-order chi connectivity index (χ1) is 12.9. The smallest absolute Gasteiger partial charge is 0.258 e. The lowest BCUT2D eigenvalue weighted by atomic mass is 10.2. The SMILES string of the molecule is CCN(CC(=O)Nc1cc(Cl)cc(Cl)c1)Cc1nc2ccccc2c(=O)[nH]1. The van der Waals surface area contributed by atoms with Gasteiger partial charge < -0.3 is 10.3 Å².